The van der Waals surface area contributed by atoms with E-state index in [0.29, 0.717) is 6.42 Å². The molecule has 0 aliphatic carbocycles. The summed E-state index contributed by atoms with van der Waals surface area (Å²) in [5, 5.41) is 8.59. The van der Waals surface area contributed by atoms with E-state index in [0.717, 1.165) is 21.6 Å². The maximum Gasteiger partial charge on any atom is 0.303 e. The van der Waals surface area contributed by atoms with E-state index in [4.69, 9.17) is 5.11 Å². The fourth-order valence-corrected chi connectivity index (χ4v) is 1.91. The first kappa shape index (κ1) is 11.9. The van der Waals surface area contributed by atoms with Gasteiger partial charge in [0, 0.05) is 21.9 Å². The number of halogens is 1. The molecule has 0 bridgehead atoms. The van der Waals surface area contributed by atoms with Crippen LogP contribution in [0.2, 0.25) is 0 Å². The van der Waals surface area contributed by atoms with E-state index < -0.39 is 5.97 Å². The lowest BCUT2D eigenvalue weighted by molar-refractivity contribution is -0.136. The Morgan fingerprint density at radius 2 is 2.29 bits per heavy atom. The van der Waals surface area contributed by atoms with E-state index in [9.17, 15) is 4.79 Å². The molecule has 2 rings (SSSR count). The van der Waals surface area contributed by atoms with Crippen molar-refractivity contribution in [1.29, 1.82) is 0 Å². The van der Waals surface area contributed by atoms with Gasteiger partial charge in [-0.25, -0.2) is 4.98 Å². The number of nitrogens with one attached hydrogen (secondary N) is 1. The van der Waals surface area contributed by atoms with Crippen LogP contribution in [-0.2, 0) is 11.2 Å². The number of hydrogen-bond donors (Lipinski definition) is 2. The van der Waals surface area contributed by atoms with Gasteiger partial charge in [0.2, 0.25) is 0 Å². The molecule has 17 heavy (non-hydrogen) atoms. The second-order valence-corrected chi connectivity index (χ2v) is 4.58. The number of aryl methyl sites for hydroxylation is 1. The summed E-state index contributed by atoms with van der Waals surface area (Å²) >= 11 is 3.40. The highest BCUT2D eigenvalue weighted by molar-refractivity contribution is 9.10. The maximum atomic E-state index is 10.5. The molecular formula is C12H11BrN2O2. The lowest BCUT2D eigenvalue weighted by atomic mass is 10.2. The van der Waals surface area contributed by atoms with Crippen molar-refractivity contribution >= 4 is 21.9 Å². The molecule has 0 amide bonds. The average molecular weight is 295 g/mol. The summed E-state index contributed by atoms with van der Waals surface area (Å²) in [6.07, 6.45) is 2.26. The van der Waals surface area contributed by atoms with Gasteiger partial charge in [-0.3, -0.25) is 4.79 Å². The number of benzene rings is 1. The van der Waals surface area contributed by atoms with Crippen LogP contribution >= 0.6 is 15.9 Å². The van der Waals surface area contributed by atoms with Crippen LogP contribution in [0.15, 0.2) is 34.9 Å². The molecule has 0 unspecified atom stereocenters. The predicted octanol–water partition coefficient (Wildman–Crippen LogP) is 2.86. The zero-order valence-corrected chi connectivity index (χ0v) is 10.6. The molecule has 0 saturated carbocycles. The number of hydrogen-bond acceptors (Lipinski definition) is 2. The highest BCUT2D eigenvalue weighted by Gasteiger charge is 2.05. The van der Waals surface area contributed by atoms with Crippen molar-refractivity contribution in [2.75, 3.05) is 0 Å². The van der Waals surface area contributed by atoms with Crippen molar-refractivity contribution in [1.82, 2.24) is 9.97 Å². The van der Waals surface area contributed by atoms with E-state index in [1.807, 2.05) is 24.3 Å². The molecule has 0 aliphatic rings. The molecule has 0 saturated heterocycles. The molecule has 1 aromatic carbocycles. The number of aliphatic carboxylic acids is 1. The Morgan fingerprint density at radius 3 is 3.00 bits per heavy atom. The molecule has 4 nitrogen and oxygen atoms in total. The van der Waals surface area contributed by atoms with Crippen LogP contribution < -0.4 is 0 Å². The van der Waals surface area contributed by atoms with E-state index >= 15 is 0 Å². The van der Waals surface area contributed by atoms with E-state index in [1.54, 1.807) is 6.20 Å². The van der Waals surface area contributed by atoms with Gasteiger partial charge >= 0.3 is 5.97 Å². The van der Waals surface area contributed by atoms with Crippen molar-refractivity contribution in [3.05, 3.63) is 40.6 Å². The molecule has 0 atom stereocenters. The molecule has 0 aliphatic heterocycles. The van der Waals surface area contributed by atoms with Gasteiger partial charge in [0.05, 0.1) is 6.42 Å². The summed E-state index contributed by atoms with van der Waals surface area (Å²) in [6, 6.07) is 7.78. The van der Waals surface area contributed by atoms with Crippen molar-refractivity contribution in [2.24, 2.45) is 0 Å². The standard InChI is InChI=1S/C12H11BrN2O2/c13-9-3-1-2-8(6-9)12-14-7-10(15-12)4-5-11(16)17/h1-3,6-7H,4-5H2,(H,14,15)(H,16,17). The molecule has 0 spiro atoms. The van der Waals surface area contributed by atoms with Crippen LogP contribution in [0, 0.1) is 0 Å². The highest BCUT2D eigenvalue weighted by atomic mass is 79.9. The van der Waals surface area contributed by atoms with Gasteiger partial charge in [0.15, 0.2) is 0 Å². The first-order valence-corrected chi connectivity index (χ1v) is 5.96. The van der Waals surface area contributed by atoms with Gasteiger partial charge < -0.3 is 10.1 Å². The quantitative estimate of drug-likeness (QED) is 0.911. The smallest absolute Gasteiger partial charge is 0.303 e. The minimum atomic E-state index is -0.802. The predicted molar refractivity (Wildman–Crippen MR) is 67.7 cm³/mol. The van der Waals surface area contributed by atoms with Crippen LogP contribution in [0.4, 0.5) is 0 Å². The average Bonchev–Trinajstić information content (AvgIpc) is 2.75. The third kappa shape index (κ3) is 3.17. The van der Waals surface area contributed by atoms with E-state index in [-0.39, 0.29) is 6.42 Å². The summed E-state index contributed by atoms with van der Waals surface area (Å²) in [5.74, 6) is -0.0460. The number of H-pyrrole nitrogens is 1. The first-order valence-electron chi connectivity index (χ1n) is 5.17. The summed E-state index contributed by atoms with van der Waals surface area (Å²) < 4.78 is 0.985. The van der Waals surface area contributed by atoms with Gasteiger partial charge in [0.1, 0.15) is 5.82 Å². The van der Waals surface area contributed by atoms with Gasteiger partial charge in [-0.1, -0.05) is 28.1 Å². The lowest BCUT2D eigenvalue weighted by Gasteiger charge is -1.97. The molecule has 0 radical (unpaired) electrons. The molecule has 88 valence electrons. The van der Waals surface area contributed by atoms with Crippen LogP contribution in [0.5, 0.6) is 0 Å². The first-order chi connectivity index (χ1) is 8.15. The highest BCUT2D eigenvalue weighted by Crippen LogP contribution is 2.20. The lowest BCUT2D eigenvalue weighted by Crippen LogP contribution is -1.97. The molecule has 2 aromatic rings. The van der Waals surface area contributed by atoms with E-state index in [2.05, 4.69) is 25.9 Å². The molecule has 0 fully saturated rings. The summed E-state index contributed by atoms with van der Waals surface area (Å²) in [5.41, 5.74) is 1.81. The minimum absolute atomic E-state index is 0.111. The number of aromatic nitrogens is 2. The van der Waals surface area contributed by atoms with E-state index in [1.165, 1.54) is 0 Å². The number of carbonyl (C=O) groups is 1. The number of aromatic amines is 1. The topological polar surface area (TPSA) is 66.0 Å². The zero-order chi connectivity index (χ0) is 12.3. The molecular weight excluding hydrogens is 284 g/mol. The Hall–Kier alpha value is -1.62. The molecule has 1 heterocycles. The molecule has 1 aromatic heterocycles. The maximum absolute atomic E-state index is 10.5. The summed E-state index contributed by atoms with van der Waals surface area (Å²) in [4.78, 5) is 17.8. The number of nitrogens with zero attached hydrogens (tertiary/aromatic N) is 1. The Kier molecular flexibility index (Phi) is 3.58. The largest absolute Gasteiger partial charge is 0.481 e. The third-order valence-electron chi connectivity index (χ3n) is 2.33. The van der Waals surface area contributed by atoms with Crippen molar-refractivity contribution < 1.29 is 9.90 Å². The van der Waals surface area contributed by atoms with Crippen molar-refractivity contribution in [2.45, 2.75) is 12.8 Å². The van der Waals surface area contributed by atoms with Crippen LogP contribution in [0.1, 0.15) is 12.1 Å². The number of carboxylic acid groups (broad SMARTS) is 1. The van der Waals surface area contributed by atoms with Crippen molar-refractivity contribution in [3.63, 3.8) is 0 Å². The third-order valence-corrected chi connectivity index (χ3v) is 2.83. The Morgan fingerprint density at radius 1 is 1.47 bits per heavy atom. The van der Waals surface area contributed by atoms with Gasteiger partial charge in [0.25, 0.3) is 0 Å². The normalized spacial score (nSPS) is 10.4. The monoisotopic (exact) mass is 294 g/mol. The van der Waals surface area contributed by atoms with Gasteiger partial charge in [-0.05, 0) is 18.6 Å². The van der Waals surface area contributed by atoms with Crippen LogP contribution in [-0.4, -0.2) is 21.0 Å². The zero-order valence-electron chi connectivity index (χ0n) is 8.98. The van der Waals surface area contributed by atoms with Crippen LogP contribution in [0.3, 0.4) is 0 Å². The van der Waals surface area contributed by atoms with Crippen molar-refractivity contribution in [3.8, 4) is 11.4 Å². The summed E-state index contributed by atoms with van der Waals surface area (Å²) in [7, 11) is 0. The Labute approximate surface area is 107 Å². The number of carboxylic acids is 1. The molecule has 2 N–H and O–H groups in total. The fraction of sp³-hybridized carbons (Fsp3) is 0.167. The Bertz CT molecular complexity index is 537. The van der Waals surface area contributed by atoms with Gasteiger partial charge in [-0.2, -0.15) is 0 Å². The fourth-order valence-electron chi connectivity index (χ4n) is 1.51. The minimum Gasteiger partial charge on any atom is -0.481 e. The number of imidazole rings is 1. The summed E-state index contributed by atoms with van der Waals surface area (Å²) in [6.45, 7) is 0. The van der Waals surface area contributed by atoms with Gasteiger partial charge in [-0.15, -0.1) is 0 Å². The SMILES string of the molecule is O=C(O)CCc1cnc(-c2cccc(Br)c2)[nH]1. The number of rotatable bonds is 4. The second kappa shape index (κ2) is 5.14. The molecule has 5 heteroatoms. The Balaban J connectivity index is 2.15. The second-order valence-electron chi connectivity index (χ2n) is 3.66. The van der Waals surface area contributed by atoms with Crippen LogP contribution in [0.25, 0.3) is 11.4 Å².